The Labute approximate surface area is 172 Å². The Morgan fingerprint density at radius 1 is 1.03 bits per heavy atom. The molecule has 2 N–H and O–H groups in total. The van der Waals surface area contributed by atoms with Gasteiger partial charge in [0.05, 0.1) is 11.5 Å². The molecule has 3 rings (SSSR count). The smallest absolute Gasteiger partial charge is 0.261 e. The summed E-state index contributed by atoms with van der Waals surface area (Å²) in [4.78, 5) is 12.7. The van der Waals surface area contributed by atoms with Crippen molar-refractivity contribution in [3.8, 4) is 5.75 Å². The summed E-state index contributed by atoms with van der Waals surface area (Å²) in [6, 6.07) is 13.0. The summed E-state index contributed by atoms with van der Waals surface area (Å²) in [5, 5.41) is 3.05. The highest BCUT2D eigenvalue weighted by Crippen LogP contribution is 2.21. The van der Waals surface area contributed by atoms with Crippen molar-refractivity contribution in [2.45, 2.75) is 56.4 Å². The Balaban J connectivity index is 1.70. The molecule has 2 aromatic rings. The van der Waals surface area contributed by atoms with Gasteiger partial charge in [0, 0.05) is 17.3 Å². The van der Waals surface area contributed by atoms with E-state index in [0.29, 0.717) is 23.6 Å². The van der Waals surface area contributed by atoms with Crippen molar-refractivity contribution in [2.24, 2.45) is 0 Å². The van der Waals surface area contributed by atoms with Crippen molar-refractivity contribution >= 4 is 21.6 Å². The van der Waals surface area contributed by atoms with Gasteiger partial charge in [0.1, 0.15) is 5.75 Å². The summed E-state index contributed by atoms with van der Waals surface area (Å²) in [5.74, 6) is 0.447. The SMILES string of the molecule is CCOc1ccc(NS(=O)(=O)c2cccc(C(=O)NC3CCCCCC3)c2)cc1. The third kappa shape index (κ3) is 5.97. The van der Waals surface area contributed by atoms with Crippen LogP contribution in [0.15, 0.2) is 53.4 Å². The normalized spacial score (nSPS) is 15.3. The molecule has 0 aliphatic heterocycles. The number of sulfonamides is 1. The number of carbonyl (C=O) groups excluding carboxylic acids is 1. The van der Waals surface area contributed by atoms with Gasteiger partial charge in [-0.15, -0.1) is 0 Å². The minimum atomic E-state index is -3.80. The van der Waals surface area contributed by atoms with Crippen LogP contribution < -0.4 is 14.8 Å². The van der Waals surface area contributed by atoms with Gasteiger partial charge in [0.25, 0.3) is 15.9 Å². The number of carbonyl (C=O) groups is 1. The van der Waals surface area contributed by atoms with E-state index in [9.17, 15) is 13.2 Å². The molecule has 1 aliphatic rings. The molecule has 0 bridgehead atoms. The monoisotopic (exact) mass is 416 g/mol. The Hall–Kier alpha value is -2.54. The molecule has 156 valence electrons. The van der Waals surface area contributed by atoms with Crippen LogP contribution >= 0.6 is 0 Å². The van der Waals surface area contributed by atoms with E-state index in [2.05, 4.69) is 10.0 Å². The first-order valence-corrected chi connectivity index (χ1v) is 11.6. The lowest BCUT2D eigenvalue weighted by Gasteiger charge is -2.16. The van der Waals surface area contributed by atoms with Crippen LogP contribution in [0.2, 0.25) is 0 Å². The minimum Gasteiger partial charge on any atom is -0.494 e. The molecule has 6 nitrogen and oxygen atoms in total. The summed E-state index contributed by atoms with van der Waals surface area (Å²) in [6.07, 6.45) is 6.59. The molecule has 2 aromatic carbocycles. The lowest BCUT2D eigenvalue weighted by Crippen LogP contribution is -2.34. The number of amides is 1. The van der Waals surface area contributed by atoms with E-state index >= 15 is 0 Å². The van der Waals surface area contributed by atoms with Crippen LogP contribution in [0.1, 0.15) is 55.8 Å². The lowest BCUT2D eigenvalue weighted by molar-refractivity contribution is 0.0933. The molecule has 0 aromatic heterocycles. The second kappa shape index (κ2) is 9.78. The first-order valence-electron chi connectivity index (χ1n) is 10.1. The van der Waals surface area contributed by atoms with Crippen LogP contribution in [0.5, 0.6) is 5.75 Å². The van der Waals surface area contributed by atoms with Crippen molar-refractivity contribution in [2.75, 3.05) is 11.3 Å². The van der Waals surface area contributed by atoms with Gasteiger partial charge in [0.2, 0.25) is 0 Å². The predicted octanol–water partition coefficient (Wildman–Crippen LogP) is 4.34. The molecule has 1 fully saturated rings. The van der Waals surface area contributed by atoms with E-state index in [1.807, 2.05) is 6.92 Å². The Kier molecular flexibility index (Phi) is 7.14. The number of hydrogen-bond acceptors (Lipinski definition) is 4. The second-order valence-corrected chi connectivity index (χ2v) is 8.94. The van der Waals surface area contributed by atoms with Gasteiger partial charge in [-0.1, -0.05) is 31.7 Å². The van der Waals surface area contributed by atoms with Gasteiger partial charge in [-0.25, -0.2) is 8.42 Å². The van der Waals surface area contributed by atoms with Crippen LogP contribution in [-0.4, -0.2) is 27.0 Å². The van der Waals surface area contributed by atoms with E-state index in [-0.39, 0.29) is 16.8 Å². The van der Waals surface area contributed by atoms with Crippen molar-refractivity contribution in [3.63, 3.8) is 0 Å². The highest BCUT2D eigenvalue weighted by Gasteiger charge is 2.19. The standard InChI is InChI=1S/C22H28N2O4S/c1-2-28-20-14-12-19(13-15-20)24-29(26,27)21-11-7-8-17(16-21)22(25)23-18-9-5-3-4-6-10-18/h7-8,11-16,18,24H,2-6,9-10H2,1H3,(H,23,25). The zero-order valence-corrected chi connectivity index (χ0v) is 17.5. The number of nitrogens with one attached hydrogen (secondary N) is 2. The first-order chi connectivity index (χ1) is 14.0. The van der Waals surface area contributed by atoms with Gasteiger partial charge < -0.3 is 10.1 Å². The summed E-state index contributed by atoms with van der Waals surface area (Å²) in [6.45, 7) is 2.43. The van der Waals surface area contributed by atoms with E-state index < -0.39 is 10.0 Å². The summed E-state index contributed by atoms with van der Waals surface area (Å²) in [7, 11) is -3.80. The maximum Gasteiger partial charge on any atom is 0.261 e. The minimum absolute atomic E-state index is 0.0555. The Bertz CT molecular complexity index is 918. The van der Waals surface area contributed by atoms with Crippen molar-refractivity contribution in [1.82, 2.24) is 5.32 Å². The number of anilines is 1. The van der Waals surface area contributed by atoms with Crippen LogP contribution in [-0.2, 0) is 10.0 Å². The lowest BCUT2D eigenvalue weighted by atomic mass is 10.1. The topological polar surface area (TPSA) is 84.5 Å². The fourth-order valence-corrected chi connectivity index (χ4v) is 4.60. The number of rotatable bonds is 7. The average Bonchev–Trinajstić information content (AvgIpc) is 2.98. The van der Waals surface area contributed by atoms with E-state index in [0.717, 1.165) is 25.7 Å². The average molecular weight is 417 g/mol. The number of benzene rings is 2. The molecular formula is C22H28N2O4S. The van der Waals surface area contributed by atoms with Crippen LogP contribution in [0.3, 0.4) is 0 Å². The molecule has 0 heterocycles. The van der Waals surface area contributed by atoms with Crippen molar-refractivity contribution in [3.05, 3.63) is 54.1 Å². The highest BCUT2D eigenvalue weighted by molar-refractivity contribution is 7.92. The van der Waals surface area contributed by atoms with Gasteiger partial charge in [-0.2, -0.15) is 0 Å². The molecule has 0 saturated heterocycles. The quantitative estimate of drug-likeness (QED) is 0.658. The third-order valence-corrected chi connectivity index (χ3v) is 6.39. The fraction of sp³-hybridized carbons (Fsp3) is 0.409. The van der Waals surface area contributed by atoms with E-state index in [4.69, 9.17) is 4.74 Å². The van der Waals surface area contributed by atoms with Gasteiger partial charge >= 0.3 is 0 Å². The third-order valence-electron chi connectivity index (χ3n) is 5.01. The van der Waals surface area contributed by atoms with Crippen LogP contribution in [0.4, 0.5) is 5.69 Å². The second-order valence-electron chi connectivity index (χ2n) is 7.25. The molecular weight excluding hydrogens is 388 g/mol. The molecule has 0 spiro atoms. The maximum absolute atomic E-state index is 12.7. The molecule has 1 aliphatic carbocycles. The Morgan fingerprint density at radius 3 is 2.38 bits per heavy atom. The summed E-state index contributed by atoms with van der Waals surface area (Å²) in [5.41, 5.74) is 0.783. The van der Waals surface area contributed by atoms with E-state index in [1.165, 1.54) is 25.0 Å². The summed E-state index contributed by atoms with van der Waals surface area (Å²) < 4.78 is 33.4. The number of ether oxygens (including phenoxy) is 1. The van der Waals surface area contributed by atoms with Gasteiger partial charge in [-0.3, -0.25) is 9.52 Å². The molecule has 0 radical (unpaired) electrons. The Morgan fingerprint density at radius 2 is 1.72 bits per heavy atom. The molecule has 0 atom stereocenters. The van der Waals surface area contributed by atoms with Gasteiger partial charge in [-0.05, 0) is 62.2 Å². The molecule has 7 heteroatoms. The first kappa shape index (κ1) is 21.2. The van der Waals surface area contributed by atoms with Crippen LogP contribution in [0.25, 0.3) is 0 Å². The molecule has 29 heavy (non-hydrogen) atoms. The maximum atomic E-state index is 12.7. The largest absolute Gasteiger partial charge is 0.494 e. The van der Waals surface area contributed by atoms with Crippen LogP contribution in [0, 0.1) is 0 Å². The van der Waals surface area contributed by atoms with Gasteiger partial charge in [0.15, 0.2) is 0 Å². The summed E-state index contributed by atoms with van der Waals surface area (Å²) >= 11 is 0. The predicted molar refractivity (Wildman–Crippen MR) is 114 cm³/mol. The van der Waals surface area contributed by atoms with E-state index in [1.54, 1.807) is 36.4 Å². The highest BCUT2D eigenvalue weighted by atomic mass is 32.2. The zero-order chi connectivity index (χ0) is 20.7. The molecule has 1 amide bonds. The number of hydrogen-bond donors (Lipinski definition) is 2. The molecule has 1 saturated carbocycles. The fourth-order valence-electron chi connectivity index (χ4n) is 3.50. The van der Waals surface area contributed by atoms with Crippen molar-refractivity contribution in [1.29, 1.82) is 0 Å². The molecule has 0 unspecified atom stereocenters. The zero-order valence-electron chi connectivity index (χ0n) is 16.7. The van der Waals surface area contributed by atoms with Crippen molar-refractivity contribution < 1.29 is 17.9 Å².